The fraction of sp³-hybridized carbons (Fsp3) is 0.353. The van der Waals surface area contributed by atoms with Crippen LogP contribution in [-0.4, -0.2) is 38.3 Å². The van der Waals surface area contributed by atoms with E-state index in [-0.39, 0.29) is 0 Å². The van der Waals surface area contributed by atoms with E-state index in [4.69, 9.17) is 4.74 Å². The van der Waals surface area contributed by atoms with Crippen molar-refractivity contribution in [3.05, 3.63) is 42.1 Å². The molecule has 2 heterocycles. The molecule has 0 bridgehead atoms. The standard InChI is InChI=1S/C17H21N3O/c1-13-3-5-14(6-4-13)15-11-17(19-12-16(15)18-2)20-7-9-21-10-8-20/h3-6,11-12,18H,7-10H2,1-2H3. The average molecular weight is 283 g/mol. The summed E-state index contributed by atoms with van der Waals surface area (Å²) in [6.07, 6.45) is 1.92. The number of morpholine rings is 1. The van der Waals surface area contributed by atoms with Gasteiger partial charge in [-0.3, -0.25) is 0 Å². The molecular weight excluding hydrogens is 262 g/mol. The molecule has 1 aliphatic heterocycles. The highest BCUT2D eigenvalue weighted by Crippen LogP contribution is 2.30. The number of nitrogens with zero attached hydrogens (tertiary/aromatic N) is 2. The molecule has 1 saturated heterocycles. The van der Waals surface area contributed by atoms with Crippen molar-refractivity contribution in [3.63, 3.8) is 0 Å². The van der Waals surface area contributed by atoms with Crippen LogP contribution in [-0.2, 0) is 4.74 Å². The highest BCUT2D eigenvalue weighted by Gasteiger charge is 2.14. The zero-order valence-corrected chi connectivity index (χ0v) is 12.6. The van der Waals surface area contributed by atoms with Crippen LogP contribution in [0.4, 0.5) is 11.5 Å². The molecule has 110 valence electrons. The van der Waals surface area contributed by atoms with Crippen LogP contribution in [0, 0.1) is 6.92 Å². The third-order valence-electron chi connectivity index (χ3n) is 3.86. The van der Waals surface area contributed by atoms with E-state index in [1.807, 2.05) is 13.2 Å². The Morgan fingerprint density at radius 1 is 1.14 bits per heavy atom. The van der Waals surface area contributed by atoms with Gasteiger partial charge in [0.05, 0.1) is 25.1 Å². The number of aromatic nitrogens is 1. The second-order valence-electron chi connectivity index (χ2n) is 5.30. The van der Waals surface area contributed by atoms with Gasteiger partial charge in [0.1, 0.15) is 5.82 Å². The van der Waals surface area contributed by atoms with Gasteiger partial charge < -0.3 is 15.0 Å². The van der Waals surface area contributed by atoms with Crippen LogP contribution in [0.5, 0.6) is 0 Å². The van der Waals surface area contributed by atoms with Crippen molar-refractivity contribution in [2.75, 3.05) is 43.6 Å². The van der Waals surface area contributed by atoms with Crippen molar-refractivity contribution in [2.45, 2.75) is 6.92 Å². The number of nitrogens with one attached hydrogen (secondary N) is 1. The van der Waals surface area contributed by atoms with Crippen LogP contribution in [0.25, 0.3) is 11.1 Å². The lowest BCUT2D eigenvalue weighted by molar-refractivity contribution is 0.122. The third-order valence-corrected chi connectivity index (χ3v) is 3.86. The summed E-state index contributed by atoms with van der Waals surface area (Å²) in [5, 5.41) is 3.23. The summed E-state index contributed by atoms with van der Waals surface area (Å²) < 4.78 is 5.41. The lowest BCUT2D eigenvalue weighted by Crippen LogP contribution is -2.36. The normalized spacial score (nSPS) is 15.0. The highest BCUT2D eigenvalue weighted by atomic mass is 16.5. The van der Waals surface area contributed by atoms with Crippen LogP contribution < -0.4 is 10.2 Å². The maximum absolute atomic E-state index is 5.41. The lowest BCUT2D eigenvalue weighted by atomic mass is 10.0. The molecule has 1 fully saturated rings. The third kappa shape index (κ3) is 3.00. The van der Waals surface area contributed by atoms with Crippen LogP contribution in [0.3, 0.4) is 0 Å². The van der Waals surface area contributed by atoms with E-state index < -0.39 is 0 Å². The van der Waals surface area contributed by atoms with Crippen molar-refractivity contribution in [1.29, 1.82) is 0 Å². The molecule has 0 atom stereocenters. The first-order chi connectivity index (χ1) is 10.3. The Hall–Kier alpha value is -2.07. The Kier molecular flexibility index (Phi) is 4.06. The Labute approximate surface area is 125 Å². The van der Waals surface area contributed by atoms with Crippen molar-refractivity contribution < 1.29 is 4.74 Å². The summed E-state index contributed by atoms with van der Waals surface area (Å²) in [6, 6.07) is 10.8. The molecular formula is C17H21N3O. The van der Waals surface area contributed by atoms with E-state index in [1.165, 1.54) is 16.7 Å². The van der Waals surface area contributed by atoms with Gasteiger partial charge in [-0.1, -0.05) is 29.8 Å². The molecule has 1 aromatic heterocycles. The van der Waals surface area contributed by atoms with Gasteiger partial charge in [-0.25, -0.2) is 4.98 Å². The summed E-state index contributed by atoms with van der Waals surface area (Å²) in [4.78, 5) is 6.86. The van der Waals surface area contributed by atoms with Crippen LogP contribution in [0.1, 0.15) is 5.56 Å². The zero-order valence-electron chi connectivity index (χ0n) is 12.6. The predicted molar refractivity (Wildman–Crippen MR) is 87.0 cm³/mol. The van der Waals surface area contributed by atoms with Crippen molar-refractivity contribution in [3.8, 4) is 11.1 Å². The van der Waals surface area contributed by atoms with Crippen LogP contribution in [0.15, 0.2) is 36.5 Å². The van der Waals surface area contributed by atoms with E-state index in [2.05, 4.69) is 52.5 Å². The molecule has 3 rings (SSSR count). The smallest absolute Gasteiger partial charge is 0.129 e. The average Bonchev–Trinajstić information content (AvgIpc) is 2.56. The SMILES string of the molecule is CNc1cnc(N2CCOCC2)cc1-c1ccc(C)cc1. The Morgan fingerprint density at radius 3 is 2.52 bits per heavy atom. The summed E-state index contributed by atoms with van der Waals surface area (Å²) in [7, 11) is 1.93. The molecule has 1 aliphatic rings. The molecule has 0 unspecified atom stereocenters. The first-order valence-corrected chi connectivity index (χ1v) is 7.35. The molecule has 4 heteroatoms. The van der Waals surface area contributed by atoms with Crippen molar-refractivity contribution in [2.24, 2.45) is 0 Å². The maximum Gasteiger partial charge on any atom is 0.129 e. The number of ether oxygens (including phenoxy) is 1. The second kappa shape index (κ2) is 6.14. The summed E-state index contributed by atoms with van der Waals surface area (Å²) in [5.41, 5.74) is 4.72. The first-order valence-electron chi connectivity index (χ1n) is 7.35. The van der Waals surface area contributed by atoms with Gasteiger partial charge in [0.25, 0.3) is 0 Å². The highest BCUT2D eigenvalue weighted by molar-refractivity contribution is 5.79. The number of anilines is 2. The van der Waals surface area contributed by atoms with Crippen LogP contribution in [0.2, 0.25) is 0 Å². The van der Waals surface area contributed by atoms with E-state index in [0.29, 0.717) is 0 Å². The Bertz CT molecular complexity index is 604. The van der Waals surface area contributed by atoms with E-state index in [0.717, 1.165) is 37.8 Å². The quantitative estimate of drug-likeness (QED) is 0.940. The zero-order chi connectivity index (χ0) is 14.7. The van der Waals surface area contributed by atoms with E-state index >= 15 is 0 Å². The minimum atomic E-state index is 0.773. The fourth-order valence-corrected chi connectivity index (χ4v) is 2.58. The molecule has 4 nitrogen and oxygen atoms in total. The monoisotopic (exact) mass is 283 g/mol. The number of rotatable bonds is 3. The van der Waals surface area contributed by atoms with E-state index in [9.17, 15) is 0 Å². The predicted octanol–water partition coefficient (Wildman–Crippen LogP) is 2.94. The van der Waals surface area contributed by atoms with Crippen molar-refractivity contribution in [1.82, 2.24) is 4.98 Å². The minimum absolute atomic E-state index is 0.773. The second-order valence-corrected chi connectivity index (χ2v) is 5.30. The van der Waals surface area contributed by atoms with Crippen molar-refractivity contribution >= 4 is 11.5 Å². The molecule has 21 heavy (non-hydrogen) atoms. The Balaban J connectivity index is 1.98. The molecule has 0 radical (unpaired) electrons. The first kappa shape index (κ1) is 13.9. The summed E-state index contributed by atoms with van der Waals surface area (Å²) in [5.74, 6) is 1.02. The topological polar surface area (TPSA) is 37.4 Å². The molecule has 0 amide bonds. The van der Waals surface area contributed by atoms with Gasteiger partial charge >= 0.3 is 0 Å². The molecule has 1 N–H and O–H groups in total. The molecule has 0 spiro atoms. The number of pyridine rings is 1. The number of benzene rings is 1. The number of aryl methyl sites for hydroxylation is 1. The van der Waals surface area contributed by atoms with Gasteiger partial charge in [0.15, 0.2) is 0 Å². The molecule has 0 saturated carbocycles. The summed E-state index contributed by atoms with van der Waals surface area (Å²) in [6.45, 7) is 5.46. The van der Waals surface area contributed by atoms with Gasteiger partial charge in [0.2, 0.25) is 0 Å². The van der Waals surface area contributed by atoms with E-state index in [1.54, 1.807) is 0 Å². The lowest BCUT2D eigenvalue weighted by Gasteiger charge is -2.28. The van der Waals surface area contributed by atoms with Gasteiger partial charge in [-0.15, -0.1) is 0 Å². The number of hydrogen-bond acceptors (Lipinski definition) is 4. The van der Waals surface area contributed by atoms with Gasteiger partial charge in [0, 0.05) is 25.7 Å². The fourth-order valence-electron chi connectivity index (χ4n) is 2.58. The Morgan fingerprint density at radius 2 is 1.86 bits per heavy atom. The number of hydrogen-bond donors (Lipinski definition) is 1. The molecule has 2 aromatic rings. The molecule has 0 aliphatic carbocycles. The van der Waals surface area contributed by atoms with Gasteiger partial charge in [-0.2, -0.15) is 0 Å². The maximum atomic E-state index is 5.41. The molecule has 1 aromatic carbocycles. The van der Waals surface area contributed by atoms with Crippen LogP contribution >= 0.6 is 0 Å². The summed E-state index contributed by atoms with van der Waals surface area (Å²) >= 11 is 0. The van der Waals surface area contributed by atoms with Gasteiger partial charge in [-0.05, 0) is 18.6 Å². The minimum Gasteiger partial charge on any atom is -0.386 e. The largest absolute Gasteiger partial charge is 0.386 e.